The molecule has 2 aliphatic heterocycles. The van der Waals surface area contributed by atoms with Crippen LogP contribution in [0.1, 0.15) is 38.9 Å². The maximum Gasteiger partial charge on any atom is 0.245 e. The number of hydrogen-bond acceptors (Lipinski definition) is 3. The molecule has 2 fully saturated rings. The van der Waals surface area contributed by atoms with Crippen LogP contribution in [0.2, 0.25) is 0 Å². The lowest BCUT2D eigenvalue weighted by molar-refractivity contribution is -0.143. The highest BCUT2D eigenvalue weighted by Crippen LogP contribution is 2.27. The van der Waals surface area contributed by atoms with Gasteiger partial charge >= 0.3 is 0 Å². The highest BCUT2D eigenvalue weighted by atomic mass is 16.3. The van der Waals surface area contributed by atoms with Crippen LogP contribution >= 0.6 is 0 Å². The van der Waals surface area contributed by atoms with E-state index in [1.165, 1.54) is 6.42 Å². The fourth-order valence-corrected chi connectivity index (χ4v) is 3.81. The molecular formula is C17H24N2O3. The van der Waals surface area contributed by atoms with E-state index in [1.54, 1.807) is 17.2 Å². The molecular weight excluding hydrogens is 280 g/mol. The van der Waals surface area contributed by atoms with E-state index < -0.39 is 0 Å². The average Bonchev–Trinajstić information content (AvgIpc) is 3.09. The van der Waals surface area contributed by atoms with Crippen LogP contribution < -0.4 is 0 Å². The topological polar surface area (TPSA) is 53.8 Å². The quantitative estimate of drug-likeness (QED) is 0.861. The normalized spacial score (nSPS) is 29.2. The number of hydrogen-bond donors (Lipinski definition) is 0. The maximum atomic E-state index is 12.9. The molecule has 5 nitrogen and oxygen atoms in total. The van der Waals surface area contributed by atoms with Crippen LogP contribution in [0.25, 0.3) is 0 Å². The summed E-state index contributed by atoms with van der Waals surface area (Å²) >= 11 is 0. The smallest absolute Gasteiger partial charge is 0.245 e. The first kappa shape index (κ1) is 15.1. The third kappa shape index (κ3) is 3.03. The van der Waals surface area contributed by atoms with E-state index in [9.17, 15) is 9.59 Å². The van der Waals surface area contributed by atoms with Crippen LogP contribution in [0.15, 0.2) is 22.8 Å². The second kappa shape index (κ2) is 6.15. The Morgan fingerprint density at radius 1 is 1.32 bits per heavy atom. The Labute approximate surface area is 131 Å². The van der Waals surface area contributed by atoms with Gasteiger partial charge in [0, 0.05) is 19.5 Å². The molecule has 3 atom stereocenters. The molecule has 5 heteroatoms. The first-order valence-corrected chi connectivity index (χ1v) is 8.15. The number of carbonyl (C=O) groups excluding carboxylic acids is 2. The average molecular weight is 304 g/mol. The fraction of sp³-hybridized carbons (Fsp3) is 0.647. The van der Waals surface area contributed by atoms with Crippen molar-refractivity contribution in [1.29, 1.82) is 0 Å². The zero-order valence-electron chi connectivity index (χ0n) is 13.3. The lowest BCUT2D eigenvalue weighted by Gasteiger charge is -2.37. The number of carbonyl (C=O) groups is 2. The van der Waals surface area contributed by atoms with Crippen LogP contribution in [-0.2, 0) is 16.1 Å². The number of piperidine rings is 1. The summed E-state index contributed by atoms with van der Waals surface area (Å²) < 4.78 is 5.33. The van der Waals surface area contributed by atoms with E-state index in [2.05, 4.69) is 13.8 Å². The number of furan rings is 1. The molecule has 3 rings (SSSR count). The van der Waals surface area contributed by atoms with Crippen molar-refractivity contribution in [2.24, 2.45) is 11.8 Å². The van der Waals surface area contributed by atoms with Gasteiger partial charge in [-0.1, -0.05) is 13.8 Å². The summed E-state index contributed by atoms with van der Waals surface area (Å²) in [6, 6.07) is 3.33. The van der Waals surface area contributed by atoms with E-state index in [0.29, 0.717) is 31.2 Å². The van der Waals surface area contributed by atoms with Gasteiger partial charge in [-0.05, 0) is 36.8 Å². The molecule has 0 unspecified atom stereocenters. The molecule has 0 N–H and O–H groups in total. The Bertz CT molecular complexity index is 530. The molecule has 2 aliphatic rings. The molecule has 0 aromatic carbocycles. The third-order valence-electron chi connectivity index (χ3n) is 4.70. The Kier molecular flexibility index (Phi) is 4.23. The van der Waals surface area contributed by atoms with Crippen LogP contribution in [0.4, 0.5) is 0 Å². The molecule has 3 heterocycles. The van der Waals surface area contributed by atoms with Crippen LogP contribution in [0, 0.1) is 11.8 Å². The van der Waals surface area contributed by atoms with Crippen molar-refractivity contribution in [3.05, 3.63) is 24.2 Å². The molecule has 2 saturated heterocycles. The number of nitrogens with zero attached hydrogens (tertiary/aromatic N) is 2. The Morgan fingerprint density at radius 2 is 2.05 bits per heavy atom. The summed E-state index contributed by atoms with van der Waals surface area (Å²) in [6.07, 6.45) is 3.85. The number of rotatable bonds is 3. The fourth-order valence-electron chi connectivity index (χ4n) is 3.81. The Morgan fingerprint density at radius 3 is 2.68 bits per heavy atom. The second-order valence-corrected chi connectivity index (χ2v) is 6.84. The van der Waals surface area contributed by atoms with Crippen LogP contribution in [0.3, 0.4) is 0 Å². The second-order valence-electron chi connectivity index (χ2n) is 6.84. The van der Waals surface area contributed by atoms with Crippen molar-refractivity contribution in [1.82, 2.24) is 9.80 Å². The predicted molar refractivity (Wildman–Crippen MR) is 81.8 cm³/mol. The summed E-state index contributed by atoms with van der Waals surface area (Å²) in [4.78, 5) is 28.7. The molecule has 22 heavy (non-hydrogen) atoms. The van der Waals surface area contributed by atoms with Crippen LogP contribution in [0.5, 0.6) is 0 Å². The van der Waals surface area contributed by atoms with Gasteiger partial charge in [-0.15, -0.1) is 0 Å². The van der Waals surface area contributed by atoms with Gasteiger partial charge in [-0.3, -0.25) is 9.59 Å². The van der Waals surface area contributed by atoms with Gasteiger partial charge in [0.25, 0.3) is 0 Å². The van der Waals surface area contributed by atoms with Crippen molar-refractivity contribution in [2.75, 3.05) is 13.1 Å². The van der Waals surface area contributed by atoms with Gasteiger partial charge in [-0.2, -0.15) is 0 Å². The summed E-state index contributed by atoms with van der Waals surface area (Å²) in [7, 11) is 0. The van der Waals surface area contributed by atoms with E-state index in [0.717, 1.165) is 18.8 Å². The summed E-state index contributed by atoms with van der Waals surface area (Å²) in [5.41, 5.74) is 0. The maximum absolute atomic E-state index is 12.9. The first-order valence-electron chi connectivity index (χ1n) is 8.15. The molecule has 0 saturated carbocycles. The summed E-state index contributed by atoms with van der Waals surface area (Å²) in [5, 5.41) is 0. The molecule has 1 aromatic heterocycles. The van der Waals surface area contributed by atoms with Gasteiger partial charge in [0.15, 0.2) is 0 Å². The monoisotopic (exact) mass is 304 g/mol. The first-order chi connectivity index (χ1) is 10.5. The molecule has 120 valence electrons. The highest BCUT2D eigenvalue weighted by molar-refractivity contribution is 5.91. The van der Waals surface area contributed by atoms with Crippen molar-refractivity contribution in [3.8, 4) is 0 Å². The van der Waals surface area contributed by atoms with E-state index in [1.807, 2.05) is 11.0 Å². The van der Waals surface area contributed by atoms with Crippen molar-refractivity contribution in [2.45, 2.75) is 45.7 Å². The summed E-state index contributed by atoms with van der Waals surface area (Å²) in [5.74, 6) is 1.95. The molecule has 0 aliphatic carbocycles. The van der Waals surface area contributed by atoms with Crippen molar-refractivity contribution < 1.29 is 14.0 Å². The predicted octanol–water partition coefficient (Wildman–Crippen LogP) is 2.28. The zero-order valence-corrected chi connectivity index (χ0v) is 13.3. The van der Waals surface area contributed by atoms with Gasteiger partial charge in [-0.25, -0.2) is 0 Å². The lowest BCUT2D eigenvalue weighted by atomic mass is 9.91. The molecule has 1 aromatic rings. The van der Waals surface area contributed by atoms with E-state index in [4.69, 9.17) is 4.42 Å². The minimum absolute atomic E-state index is 0.0489. The van der Waals surface area contributed by atoms with Gasteiger partial charge in [0.2, 0.25) is 11.8 Å². The summed E-state index contributed by atoms with van der Waals surface area (Å²) in [6.45, 7) is 6.39. The van der Waals surface area contributed by atoms with E-state index in [-0.39, 0.29) is 17.9 Å². The SMILES string of the molecule is C[C@@H]1C[C@H](C)CN(C(=O)[C@@H]2CCC(=O)N2Cc2ccco2)C1. The Balaban J connectivity index is 1.71. The van der Waals surface area contributed by atoms with Crippen molar-refractivity contribution in [3.63, 3.8) is 0 Å². The number of amides is 2. The van der Waals surface area contributed by atoms with E-state index >= 15 is 0 Å². The zero-order chi connectivity index (χ0) is 15.7. The standard InChI is InChI=1S/C17H24N2O3/c1-12-8-13(2)10-18(9-12)17(21)15-5-6-16(20)19(15)11-14-4-3-7-22-14/h3-4,7,12-13,15H,5-6,8-11H2,1-2H3/t12-,13+,15-/m0/s1. The lowest BCUT2D eigenvalue weighted by Crippen LogP contribution is -2.50. The Hall–Kier alpha value is -1.78. The van der Waals surface area contributed by atoms with Gasteiger partial charge < -0.3 is 14.2 Å². The third-order valence-corrected chi connectivity index (χ3v) is 4.70. The molecule has 0 bridgehead atoms. The number of likely N-dealkylation sites (tertiary alicyclic amines) is 2. The molecule has 2 amide bonds. The largest absolute Gasteiger partial charge is 0.467 e. The van der Waals surface area contributed by atoms with Crippen molar-refractivity contribution >= 4 is 11.8 Å². The highest BCUT2D eigenvalue weighted by Gasteiger charge is 2.39. The van der Waals surface area contributed by atoms with Crippen LogP contribution in [-0.4, -0.2) is 40.7 Å². The van der Waals surface area contributed by atoms with Gasteiger partial charge in [0.1, 0.15) is 11.8 Å². The molecule has 0 radical (unpaired) electrons. The van der Waals surface area contributed by atoms with Gasteiger partial charge in [0.05, 0.1) is 12.8 Å². The minimum atomic E-state index is -0.324. The molecule has 0 spiro atoms. The minimum Gasteiger partial charge on any atom is -0.467 e.